The van der Waals surface area contributed by atoms with Crippen molar-refractivity contribution >= 4 is 5.97 Å². The van der Waals surface area contributed by atoms with E-state index in [0.29, 0.717) is 12.8 Å². The summed E-state index contributed by atoms with van der Waals surface area (Å²) >= 11 is 0. The van der Waals surface area contributed by atoms with E-state index < -0.39 is 41.4 Å². The van der Waals surface area contributed by atoms with Crippen LogP contribution in [0.1, 0.15) is 41.1 Å². The number of likely N-dealkylation sites (tertiary alicyclic amines) is 1. The Balaban J connectivity index is 2.21. The van der Waals surface area contributed by atoms with Gasteiger partial charge in [-0.15, -0.1) is 0 Å². The Morgan fingerprint density at radius 2 is 1.37 bits per heavy atom. The highest BCUT2D eigenvalue weighted by atomic mass is 19.4. The fourth-order valence-corrected chi connectivity index (χ4v) is 3.99. The van der Waals surface area contributed by atoms with E-state index in [0.717, 1.165) is 24.3 Å². The number of aliphatic carboxylic acids is 1. The molecule has 1 heterocycles. The first-order valence-electron chi connectivity index (χ1n) is 9.29. The van der Waals surface area contributed by atoms with Gasteiger partial charge < -0.3 is 5.11 Å². The first-order valence-corrected chi connectivity index (χ1v) is 9.29. The monoisotopic (exact) mass is 431 g/mol. The number of rotatable bonds is 4. The molecular formula is C21H19F6NO2. The molecule has 1 aliphatic rings. The molecule has 1 aliphatic heterocycles. The third-order valence-electron chi connectivity index (χ3n) is 5.29. The topological polar surface area (TPSA) is 40.5 Å². The minimum atomic E-state index is -4.77. The van der Waals surface area contributed by atoms with E-state index in [1.54, 1.807) is 0 Å². The van der Waals surface area contributed by atoms with Crippen molar-refractivity contribution in [2.24, 2.45) is 5.92 Å². The van der Waals surface area contributed by atoms with Gasteiger partial charge in [0.15, 0.2) is 0 Å². The Labute approximate surface area is 168 Å². The number of alkyl halides is 6. The minimum absolute atomic E-state index is 0.140. The maximum atomic E-state index is 13.7. The molecule has 1 N–H and O–H groups in total. The molecule has 162 valence electrons. The van der Waals surface area contributed by atoms with Gasteiger partial charge in [0.05, 0.1) is 23.1 Å². The van der Waals surface area contributed by atoms with E-state index in [1.807, 2.05) is 0 Å². The van der Waals surface area contributed by atoms with Crippen LogP contribution in [0.4, 0.5) is 26.3 Å². The number of hydrogen-bond donors (Lipinski definition) is 1. The van der Waals surface area contributed by atoms with Crippen molar-refractivity contribution in [3.63, 3.8) is 0 Å². The van der Waals surface area contributed by atoms with Crippen molar-refractivity contribution in [1.82, 2.24) is 4.90 Å². The lowest BCUT2D eigenvalue weighted by atomic mass is 9.87. The molecule has 1 saturated heterocycles. The number of carboxylic acid groups (broad SMARTS) is 1. The van der Waals surface area contributed by atoms with E-state index in [2.05, 4.69) is 0 Å². The molecule has 3 nitrogen and oxygen atoms in total. The van der Waals surface area contributed by atoms with Crippen LogP contribution in [0.15, 0.2) is 48.5 Å². The number of hydrogen-bond acceptors (Lipinski definition) is 2. The van der Waals surface area contributed by atoms with Gasteiger partial charge in [-0.1, -0.05) is 36.4 Å². The van der Waals surface area contributed by atoms with Crippen LogP contribution in [-0.2, 0) is 17.1 Å². The van der Waals surface area contributed by atoms with Crippen molar-refractivity contribution < 1.29 is 36.2 Å². The Morgan fingerprint density at radius 1 is 0.900 bits per heavy atom. The molecule has 0 aliphatic carbocycles. The quantitative estimate of drug-likeness (QED) is 0.640. The predicted octanol–water partition coefficient (Wildman–Crippen LogP) is 5.61. The summed E-state index contributed by atoms with van der Waals surface area (Å²) in [5.41, 5.74) is -2.73. The average molecular weight is 431 g/mol. The summed E-state index contributed by atoms with van der Waals surface area (Å²) < 4.78 is 82.2. The lowest BCUT2D eigenvalue weighted by molar-refractivity contribution is -0.145. The van der Waals surface area contributed by atoms with Crippen molar-refractivity contribution in [3.8, 4) is 0 Å². The lowest BCUT2D eigenvalue weighted by Gasteiger charge is -2.39. The molecule has 0 spiro atoms. The Hall–Kier alpha value is -2.55. The van der Waals surface area contributed by atoms with E-state index in [9.17, 15) is 36.2 Å². The molecule has 2 aromatic carbocycles. The highest BCUT2D eigenvalue weighted by Gasteiger charge is 2.42. The molecule has 1 atom stereocenters. The number of halogens is 6. The zero-order valence-corrected chi connectivity index (χ0v) is 15.7. The van der Waals surface area contributed by atoms with Gasteiger partial charge in [0.2, 0.25) is 0 Å². The first-order chi connectivity index (χ1) is 14.0. The summed E-state index contributed by atoms with van der Waals surface area (Å²) in [6, 6.07) is 7.62. The molecule has 2 aromatic rings. The number of piperidine rings is 1. The molecule has 0 bridgehead atoms. The number of benzene rings is 2. The van der Waals surface area contributed by atoms with Crippen molar-refractivity contribution in [3.05, 3.63) is 70.8 Å². The zero-order chi connectivity index (χ0) is 22.1. The molecule has 0 amide bonds. The molecule has 0 aromatic heterocycles. The van der Waals surface area contributed by atoms with Crippen LogP contribution in [0.5, 0.6) is 0 Å². The third kappa shape index (κ3) is 4.61. The highest BCUT2D eigenvalue weighted by molar-refractivity contribution is 5.70. The zero-order valence-electron chi connectivity index (χ0n) is 15.7. The molecule has 0 radical (unpaired) electrons. The van der Waals surface area contributed by atoms with Crippen LogP contribution in [0, 0.1) is 5.92 Å². The van der Waals surface area contributed by atoms with E-state index in [1.165, 1.54) is 29.2 Å². The van der Waals surface area contributed by atoms with Crippen LogP contribution >= 0.6 is 0 Å². The molecule has 0 saturated carbocycles. The van der Waals surface area contributed by atoms with Crippen molar-refractivity contribution in [2.75, 3.05) is 13.1 Å². The van der Waals surface area contributed by atoms with Gasteiger partial charge in [-0.3, -0.25) is 9.69 Å². The summed E-state index contributed by atoms with van der Waals surface area (Å²) in [5, 5.41) is 9.36. The molecule has 3 rings (SSSR count). The minimum Gasteiger partial charge on any atom is -0.481 e. The van der Waals surface area contributed by atoms with Crippen LogP contribution in [0.3, 0.4) is 0 Å². The SMILES string of the molecule is O=C(O)C1CCCN(C(c2ccccc2C(F)(F)F)c2ccccc2C(F)(F)F)C1. The normalized spacial score (nSPS) is 18.6. The first kappa shape index (κ1) is 22.1. The highest BCUT2D eigenvalue weighted by Crippen LogP contribution is 2.44. The molecule has 1 unspecified atom stereocenters. The van der Waals surface area contributed by atoms with Gasteiger partial charge in [-0.2, -0.15) is 26.3 Å². The fourth-order valence-electron chi connectivity index (χ4n) is 3.99. The Kier molecular flexibility index (Phi) is 6.12. The van der Waals surface area contributed by atoms with Gasteiger partial charge in [-0.25, -0.2) is 0 Å². The molecule has 1 fully saturated rings. The average Bonchev–Trinajstić information content (AvgIpc) is 2.68. The van der Waals surface area contributed by atoms with E-state index >= 15 is 0 Å². The van der Waals surface area contributed by atoms with Gasteiger partial charge in [0.25, 0.3) is 0 Å². The standard InChI is InChI=1S/C21H19F6NO2/c22-20(23,24)16-9-3-1-7-14(16)18(28-11-5-6-13(12-28)19(29)30)15-8-2-4-10-17(15)21(25,26)27/h1-4,7-10,13,18H,5-6,11-12H2,(H,29,30). The lowest BCUT2D eigenvalue weighted by Crippen LogP contribution is -2.42. The van der Waals surface area contributed by atoms with Crippen LogP contribution in [0.2, 0.25) is 0 Å². The smallest absolute Gasteiger partial charge is 0.416 e. The summed E-state index contributed by atoms with van der Waals surface area (Å²) in [5.74, 6) is -1.98. The van der Waals surface area contributed by atoms with Gasteiger partial charge in [0, 0.05) is 6.54 Å². The summed E-state index contributed by atoms with van der Waals surface area (Å²) in [7, 11) is 0. The van der Waals surface area contributed by atoms with Gasteiger partial charge in [-0.05, 0) is 42.6 Å². The van der Waals surface area contributed by atoms with Crippen LogP contribution in [0.25, 0.3) is 0 Å². The predicted molar refractivity (Wildman–Crippen MR) is 96.7 cm³/mol. The second kappa shape index (κ2) is 8.29. The summed E-state index contributed by atoms with van der Waals surface area (Å²) in [6.45, 7) is 0.0468. The molecular weight excluding hydrogens is 412 g/mol. The van der Waals surface area contributed by atoms with E-state index in [4.69, 9.17) is 0 Å². The van der Waals surface area contributed by atoms with E-state index in [-0.39, 0.29) is 24.2 Å². The molecule has 9 heteroatoms. The summed E-state index contributed by atoms with van der Waals surface area (Å²) in [6.07, 6.45) is -8.87. The number of nitrogens with zero attached hydrogens (tertiary/aromatic N) is 1. The maximum Gasteiger partial charge on any atom is 0.416 e. The second-order valence-corrected chi connectivity index (χ2v) is 7.24. The number of carbonyl (C=O) groups is 1. The molecule has 30 heavy (non-hydrogen) atoms. The number of carboxylic acids is 1. The Bertz CT molecular complexity index is 851. The fraction of sp³-hybridized carbons (Fsp3) is 0.381. The summed E-state index contributed by atoms with van der Waals surface area (Å²) in [4.78, 5) is 12.9. The van der Waals surface area contributed by atoms with Gasteiger partial charge >= 0.3 is 18.3 Å². The van der Waals surface area contributed by atoms with Gasteiger partial charge in [0.1, 0.15) is 0 Å². The van der Waals surface area contributed by atoms with Crippen LogP contribution < -0.4 is 0 Å². The largest absolute Gasteiger partial charge is 0.481 e. The van der Waals surface area contributed by atoms with Crippen molar-refractivity contribution in [2.45, 2.75) is 31.2 Å². The maximum absolute atomic E-state index is 13.7. The van der Waals surface area contributed by atoms with Crippen LogP contribution in [-0.4, -0.2) is 29.1 Å². The van der Waals surface area contributed by atoms with Crippen molar-refractivity contribution in [1.29, 1.82) is 0 Å². The third-order valence-corrected chi connectivity index (χ3v) is 5.29. The second-order valence-electron chi connectivity index (χ2n) is 7.24. The Morgan fingerprint density at radius 3 is 1.80 bits per heavy atom.